The largest absolute Gasteiger partial charge is 0.508 e. The minimum Gasteiger partial charge on any atom is -0.508 e. The molecule has 6 nitrogen and oxygen atoms in total. The number of ketones is 1. The van der Waals surface area contributed by atoms with Crippen LogP contribution in [-0.2, 0) is 4.79 Å². The second kappa shape index (κ2) is 7.06. The minimum atomic E-state index is -0.309. The Morgan fingerprint density at radius 3 is 2.60 bits per heavy atom. The van der Waals surface area contributed by atoms with E-state index in [0.29, 0.717) is 18.7 Å². The number of phenols is 1. The third-order valence-electron chi connectivity index (χ3n) is 6.08. The highest BCUT2D eigenvalue weighted by Gasteiger charge is 2.42. The first kappa shape index (κ1) is 18.5. The van der Waals surface area contributed by atoms with E-state index in [1.165, 1.54) is 0 Å². The van der Waals surface area contributed by atoms with Crippen molar-refractivity contribution in [3.8, 4) is 11.5 Å². The van der Waals surface area contributed by atoms with Crippen LogP contribution in [0.4, 0.5) is 5.88 Å². The first-order chi connectivity index (χ1) is 14.6. The number of hydrogen-bond donors (Lipinski definition) is 2. The lowest BCUT2D eigenvalue weighted by Crippen LogP contribution is -2.29. The van der Waals surface area contributed by atoms with E-state index < -0.39 is 0 Å². The lowest BCUT2D eigenvalue weighted by atomic mass is 9.72. The molecule has 0 spiro atoms. The summed E-state index contributed by atoms with van der Waals surface area (Å²) in [7, 11) is 1.63. The molecule has 0 bridgehead atoms. The van der Waals surface area contributed by atoms with Gasteiger partial charge in [0.2, 0.25) is 5.88 Å². The van der Waals surface area contributed by atoms with Gasteiger partial charge in [0.15, 0.2) is 5.78 Å². The topological polar surface area (TPSA) is 84.6 Å². The van der Waals surface area contributed by atoms with Crippen LogP contribution in [0.25, 0.3) is 0 Å². The monoisotopic (exact) mass is 402 g/mol. The zero-order valence-electron chi connectivity index (χ0n) is 16.8. The zero-order chi connectivity index (χ0) is 20.8. The van der Waals surface area contributed by atoms with E-state index in [1.54, 1.807) is 19.2 Å². The van der Waals surface area contributed by atoms with Gasteiger partial charge in [-0.25, -0.2) is 0 Å². The summed E-state index contributed by atoms with van der Waals surface area (Å²) in [4.78, 5) is 13.5. The van der Waals surface area contributed by atoms with E-state index in [2.05, 4.69) is 10.5 Å². The number of anilines is 1. The quantitative estimate of drug-likeness (QED) is 0.663. The van der Waals surface area contributed by atoms with E-state index in [4.69, 9.17) is 9.26 Å². The van der Waals surface area contributed by atoms with E-state index in [9.17, 15) is 9.90 Å². The summed E-state index contributed by atoms with van der Waals surface area (Å²) in [5, 5.41) is 17.8. The first-order valence-electron chi connectivity index (χ1n) is 9.98. The summed E-state index contributed by atoms with van der Waals surface area (Å²) >= 11 is 0. The highest BCUT2D eigenvalue weighted by Crippen LogP contribution is 2.51. The lowest BCUT2D eigenvalue weighted by molar-refractivity contribution is -0.116. The molecule has 1 aromatic heterocycles. The van der Waals surface area contributed by atoms with Gasteiger partial charge in [-0.3, -0.25) is 4.79 Å². The van der Waals surface area contributed by atoms with Gasteiger partial charge in [-0.05, 0) is 31.0 Å². The van der Waals surface area contributed by atoms with Crippen LogP contribution in [0.2, 0.25) is 0 Å². The number of Topliss-reactive ketones (excluding diaryl/α,β-unsaturated/α-hetero) is 1. The molecule has 2 heterocycles. The average Bonchev–Trinajstić information content (AvgIpc) is 3.13. The van der Waals surface area contributed by atoms with Crippen molar-refractivity contribution in [2.75, 3.05) is 12.4 Å². The maximum atomic E-state index is 13.5. The van der Waals surface area contributed by atoms with E-state index in [1.807, 2.05) is 43.3 Å². The Labute approximate surface area is 174 Å². The number of aromatic hydroxyl groups is 1. The molecule has 2 N–H and O–H groups in total. The number of rotatable bonds is 3. The number of para-hydroxylation sites is 2. The van der Waals surface area contributed by atoms with E-state index >= 15 is 0 Å². The number of carbonyl (C=O) groups excluding carboxylic acids is 1. The third-order valence-corrected chi connectivity index (χ3v) is 6.08. The number of allylic oxidation sites excluding steroid dienone is 2. The summed E-state index contributed by atoms with van der Waals surface area (Å²) in [6.45, 7) is 1.89. The number of fused-ring (bicyclic) bond motifs is 1. The molecule has 5 rings (SSSR count). The Morgan fingerprint density at radius 1 is 1.10 bits per heavy atom. The number of carbonyl (C=O) groups is 1. The normalized spacial score (nSPS) is 20.4. The molecule has 30 heavy (non-hydrogen) atoms. The van der Waals surface area contributed by atoms with Crippen molar-refractivity contribution in [3.63, 3.8) is 0 Å². The predicted molar refractivity (Wildman–Crippen MR) is 112 cm³/mol. The van der Waals surface area contributed by atoms with Crippen LogP contribution in [0.15, 0.2) is 64.3 Å². The molecule has 0 fully saturated rings. The van der Waals surface area contributed by atoms with Crippen LogP contribution in [0.1, 0.15) is 47.1 Å². The fraction of sp³-hybridized carbons (Fsp3) is 0.250. The Hall–Kier alpha value is -3.54. The smallest absolute Gasteiger partial charge is 0.233 e. The fourth-order valence-corrected chi connectivity index (χ4v) is 4.74. The molecule has 1 aliphatic heterocycles. The number of nitrogens with zero attached hydrogens (tertiary/aromatic N) is 1. The van der Waals surface area contributed by atoms with Crippen molar-refractivity contribution in [3.05, 3.63) is 82.2 Å². The highest BCUT2D eigenvalue weighted by molar-refractivity contribution is 6.01. The van der Waals surface area contributed by atoms with Gasteiger partial charge in [0.05, 0.1) is 24.3 Å². The number of aryl methyl sites for hydroxylation is 1. The number of ether oxygens (including phenoxy) is 1. The third kappa shape index (κ3) is 2.79. The maximum Gasteiger partial charge on any atom is 0.233 e. The van der Waals surface area contributed by atoms with Gasteiger partial charge in [-0.2, -0.15) is 0 Å². The van der Waals surface area contributed by atoms with Crippen molar-refractivity contribution in [1.82, 2.24) is 5.16 Å². The minimum absolute atomic E-state index is 0.0548. The Bertz CT molecular complexity index is 1180. The molecule has 1 aliphatic carbocycles. The standard InChI is InChI=1S/C24H22N2O4/c1-13-21-22(16-8-4-6-10-20(16)29-2)23-17(25-24(21)30-26-13)11-14(12-19(23)28)15-7-3-5-9-18(15)27/h3-10,14,22,25,27H,11-12H2,1-2H3/t14-,22-/m1/s1. The lowest BCUT2D eigenvalue weighted by Gasteiger charge is -2.35. The number of methoxy groups -OCH3 is 1. The molecule has 3 aromatic rings. The number of phenolic OH excluding ortho intramolecular Hbond substituents is 1. The van der Waals surface area contributed by atoms with Crippen LogP contribution >= 0.6 is 0 Å². The Morgan fingerprint density at radius 2 is 1.83 bits per heavy atom. The van der Waals surface area contributed by atoms with Crippen molar-refractivity contribution in [1.29, 1.82) is 0 Å². The molecule has 2 aliphatic rings. The van der Waals surface area contributed by atoms with Gasteiger partial charge in [0.25, 0.3) is 0 Å². The second-order valence-electron chi connectivity index (χ2n) is 7.79. The van der Waals surface area contributed by atoms with Crippen LogP contribution < -0.4 is 10.1 Å². The summed E-state index contributed by atoms with van der Waals surface area (Å²) in [6.07, 6.45) is 0.937. The Kier molecular flexibility index (Phi) is 4.35. The molecule has 2 aromatic carbocycles. The van der Waals surface area contributed by atoms with Gasteiger partial charge in [0, 0.05) is 29.2 Å². The van der Waals surface area contributed by atoms with Crippen molar-refractivity contribution >= 4 is 11.7 Å². The number of aromatic nitrogens is 1. The van der Waals surface area contributed by atoms with Gasteiger partial charge in [-0.15, -0.1) is 0 Å². The number of nitrogens with one attached hydrogen (secondary N) is 1. The molecular formula is C24H22N2O4. The van der Waals surface area contributed by atoms with Crippen LogP contribution in [0, 0.1) is 6.92 Å². The number of benzene rings is 2. The summed E-state index contributed by atoms with van der Waals surface area (Å²) in [5.41, 5.74) is 4.86. The SMILES string of the molecule is COc1ccccc1[C@H]1C2=C(C[C@@H](c3ccccc3O)CC2=O)Nc2onc(C)c21. The summed E-state index contributed by atoms with van der Waals surface area (Å²) in [6, 6.07) is 15.0. The van der Waals surface area contributed by atoms with Crippen LogP contribution in [0.3, 0.4) is 0 Å². The van der Waals surface area contributed by atoms with Crippen molar-refractivity contribution in [2.24, 2.45) is 0 Å². The van der Waals surface area contributed by atoms with Gasteiger partial charge < -0.3 is 19.7 Å². The van der Waals surface area contributed by atoms with Crippen molar-refractivity contribution in [2.45, 2.75) is 31.6 Å². The molecule has 2 atom stereocenters. The predicted octanol–water partition coefficient (Wildman–Crippen LogP) is 4.66. The Balaban J connectivity index is 1.66. The fourth-order valence-electron chi connectivity index (χ4n) is 4.74. The summed E-state index contributed by atoms with van der Waals surface area (Å²) in [5.74, 6) is 1.14. The van der Waals surface area contributed by atoms with Gasteiger partial charge >= 0.3 is 0 Å². The molecule has 0 saturated heterocycles. The van der Waals surface area contributed by atoms with Crippen LogP contribution in [0.5, 0.6) is 11.5 Å². The van der Waals surface area contributed by atoms with Crippen molar-refractivity contribution < 1.29 is 19.2 Å². The molecule has 6 heteroatoms. The highest BCUT2D eigenvalue weighted by atomic mass is 16.5. The molecule has 0 saturated carbocycles. The van der Waals surface area contributed by atoms with E-state index in [0.717, 1.165) is 39.4 Å². The van der Waals surface area contributed by atoms with Gasteiger partial charge in [0.1, 0.15) is 11.5 Å². The van der Waals surface area contributed by atoms with E-state index in [-0.39, 0.29) is 23.4 Å². The number of hydrogen-bond acceptors (Lipinski definition) is 6. The molecule has 152 valence electrons. The molecule has 0 radical (unpaired) electrons. The first-order valence-corrected chi connectivity index (χ1v) is 9.98. The molecule has 0 amide bonds. The molecule has 0 unspecified atom stereocenters. The van der Waals surface area contributed by atoms with Crippen LogP contribution in [-0.4, -0.2) is 23.2 Å². The van der Waals surface area contributed by atoms with Gasteiger partial charge in [-0.1, -0.05) is 41.6 Å². The summed E-state index contributed by atoms with van der Waals surface area (Å²) < 4.78 is 11.2. The zero-order valence-corrected chi connectivity index (χ0v) is 16.8. The average molecular weight is 402 g/mol. The maximum absolute atomic E-state index is 13.5. The second-order valence-corrected chi connectivity index (χ2v) is 7.79. The molecular weight excluding hydrogens is 380 g/mol.